The van der Waals surface area contributed by atoms with Gasteiger partial charge in [0.2, 0.25) is 5.91 Å². The van der Waals surface area contributed by atoms with Crippen LogP contribution in [0.15, 0.2) is 6.33 Å². The summed E-state index contributed by atoms with van der Waals surface area (Å²) in [5.41, 5.74) is 1.74. The fourth-order valence-electron chi connectivity index (χ4n) is 3.63. The van der Waals surface area contributed by atoms with Gasteiger partial charge in [0.1, 0.15) is 11.3 Å². The van der Waals surface area contributed by atoms with Crippen LogP contribution in [-0.4, -0.2) is 49.5 Å². The Bertz CT molecular complexity index is 797. The van der Waals surface area contributed by atoms with Crippen molar-refractivity contribution in [3.63, 3.8) is 0 Å². The lowest BCUT2D eigenvalue weighted by Gasteiger charge is -2.17. The quantitative estimate of drug-likeness (QED) is 0.825. The Balaban J connectivity index is 1.54. The maximum absolute atomic E-state index is 12.3. The average molecular weight is 356 g/mol. The Morgan fingerprint density at radius 1 is 1.27 bits per heavy atom. The first-order valence-corrected chi connectivity index (χ1v) is 9.96. The number of aryl methyl sites for hydroxylation is 2. The summed E-state index contributed by atoms with van der Waals surface area (Å²) in [6.07, 6.45) is 8.02. The molecule has 1 aliphatic heterocycles. The van der Waals surface area contributed by atoms with Crippen molar-refractivity contribution < 1.29 is 4.79 Å². The molecule has 140 valence electrons. The molecule has 4 rings (SSSR count). The molecule has 7 nitrogen and oxygen atoms in total. The van der Waals surface area contributed by atoms with Crippen molar-refractivity contribution in [3.05, 3.63) is 12.2 Å². The Morgan fingerprint density at radius 2 is 2.12 bits per heavy atom. The predicted molar refractivity (Wildman–Crippen MR) is 101 cm³/mol. The van der Waals surface area contributed by atoms with Crippen LogP contribution in [0.5, 0.6) is 0 Å². The number of likely N-dealkylation sites (tertiary alicyclic amines) is 1. The van der Waals surface area contributed by atoms with Gasteiger partial charge in [-0.1, -0.05) is 13.3 Å². The van der Waals surface area contributed by atoms with Crippen LogP contribution < -0.4 is 5.32 Å². The van der Waals surface area contributed by atoms with Gasteiger partial charge in [-0.2, -0.15) is 0 Å². The predicted octanol–water partition coefficient (Wildman–Crippen LogP) is 2.61. The van der Waals surface area contributed by atoms with Crippen molar-refractivity contribution in [1.29, 1.82) is 0 Å². The number of anilines is 1. The molecule has 1 atom stereocenters. The van der Waals surface area contributed by atoms with E-state index in [1.807, 2.05) is 11.2 Å². The summed E-state index contributed by atoms with van der Waals surface area (Å²) in [6.45, 7) is 6.72. The second kappa shape index (κ2) is 7.21. The van der Waals surface area contributed by atoms with E-state index < -0.39 is 0 Å². The smallest absolute Gasteiger partial charge is 0.225 e. The van der Waals surface area contributed by atoms with Crippen LogP contribution >= 0.6 is 0 Å². The Hall–Kier alpha value is -2.18. The highest BCUT2D eigenvalue weighted by Crippen LogP contribution is 2.32. The molecule has 3 heterocycles. The molecule has 1 N–H and O–H groups in total. The molecule has 1 unspecified atom stereocenters. The fraction of sp³-hybridized carbons (Fsp3) is 0.684. The van der Waals surface area contributed by atoms with E-state index in [2.05, 4.69) is 28.7 Å². The first-order valence-electron chi connectivity index (χ1n) is 9.96. The molecule has 2 aromatic heterocycles. The number of hydrogen-bond donors (Lipinski definition) is 1. The van der Waals surface area contributed by atoms with Gasteiger partial charge >= 0.3 is 0 Å². The lowest BCUT2D eigenvalue weighted by Crippen LogP contribution is -2.32. The molecular weight excluding hydrogens is 328 g/mol. The summed E-state index contributed by atoms with van der Waals surface area (Å²) >= 11 is 0. The molecule has 1 amide bonds. The highest BCUT2D eigenvalue weighted by atomic mass is 16.2. The van der Waals surface area contributed by atoms with Gasteiger partial charge < -0.3 is 14.8 Å². The van der Waals surface area contributed by atoms with Gasteiger partial charge in [-0.05, 0) is 32.6 Å². The number of carbonyl (C=O) groups is 1. The van der Waals surface area contributed by atoms with Gasteiger partial charge in [-0.3, -0.25) is 4.79 Å². The van der Waals surface area contributed by atoms with Gasteiger partial charge in [0.15, 0.2) is 11.5 Å². The molecule has 0 bridgehead atoms. The number of nitrogens with zero attached hydrogens (tertiary/aromatic N) is 5. The summed E-state index contributed by atoms with van der Waals surface area (Å²) in [5.74, 6) is 2.32. The summed E-state index contributed by atoms with van der Waals surface area (Å²) in [5, 5.41) is 3.56. The number of imidazole rings is 1. The monoisotopic (exact) mass is 356 g/mol. The standard InChI is InChI=1S/C19H28N6O/c1-3-5-6-15-22-17(16-18(23-15)24(4-2)12-20-16)21-14-9-10-25(11-14)19(26)13-7-8-13/h12-14H,3-11H2,1-2H3,(H,21,22,23). The fourth-order valence-corrected chi connectivity index (χ4v) is 3.63. The van der Waals surface area contributed by atoms with E-state index in [9.17, 15) is 4.79 Å². The first-order chi connectivity index (χ1) is 12.7. The van der Waals surface area contributed by atoms with Crippen molar-refractivity contribution >= 4 is 22.9 Å². The molecule has 1 saturated heterocycles. The van der Waals surface area contributed by atoms with Gasteiger partial charge in [-0.25, -0.2) is 15.0 Å². The molecule has 1 saturated carbocycles. The topological polar surface area (TPSA) is 75.9 Å². The molecular formula is C19H28N6O. The van der Waals surface area contributed by atoms with Gasteiger partial charge in [-0.15, -0.1) is 0 Å². The van der Waals surface area contributed by atoms with E-state index in [-0.39, 0.29) is 6.04 Å². The molecule has 0 radical (unpaired) electrons. The second-order valence-corrected chi connectivity index (χ2v) is 7.48. The number of nitrogens with one attached hydrogen (secondary N) is 1. The lowest BCUT2D eigenvalue weighted by atomic mass is 10.2. The van der Waals surface area contributed by atoms with Crippen LogP contribution in [0.2, 0.25) is 0 Å². The van der Waals surface area contributed by atoms with E-state index in [1.165, 1.54) is 0 Å². The molecule has 0 spiro atoms. The molecule has 2 fully saturated rings. The number of unbranched alkanes of at least 4 members (excludes halogenated alkanes) is 1. The molecule has 26 heavy (non-hydrogen) atoms. The van der Waals surface area contributed by atoms with E-state index in [0.29, 0.717) is 11.8 Å². The molecule has 0 aromatic carbocycles. The summed E-state index contributed by atoms with van der Waals surface area (Å²) in [4.78, 5) is 28.3. The zero-order valence-corrected chi connectivity index (χ0v) is 15.7. The zero-order chi connectivity index (χ0) is 18.1. The number of aromatic nitrogens is 4. The SMILES string of the molecule is CCCCc1nc(NC2CCN(C(=O)C3CC3)C2)c2ncn(CC)c2n1. The van der Waals surface area contributed by atoms with Crippen LogP contribution in [-0.2, 0) is 17.8 Å². The van der Waals surface area contributed by atoms with Crippen molar-refractivity contribution in [2.24, 2.45) is 5.92 Å². The number of amides is 1. The van der Waals surface area contributed by atoms with Gasteiger partial charge in [0.25, 0.3) is 0 Å². The second-order valence-electron chi connectivity index (χ2n) is 7.48. The van der Waals surface area contributed by atoms with Gasteiger partial charge in [0, 0.05) is 38.0 Å². The number of hydrogen-bond acceptors (Lipinski definition) is 5. The summed E-state index contributed by atoms with van der Waals surface area (Å²) < 4.78 is 2.06. The van der Waals surface area contributed by atoms with Crippen molar-refractivity contribution in [1.82, 2.24) is 24.4 Å². The molecule has 7 heteroatoms. The number of rotatable bonds is 7. The largest absolute Gasteiger partial charge is 0.364 e. The van der Waals surface area contributed by atoms with Crippen molar-refractivity contribution in [2.75, 3.05) is 18.4 Å². The minimum absolute atomic E-state index is 0.238. The van der Waals surface area contributed by atoms with E-state index in [0.717, 1.165) is 81.0 Å². The highest BCUT2D eigenvalue weighted by molar-refractivity contribution is 5.84. The number of carbonyl (C=O) groups excluding carboxylic acids is 1. The lowest BCUT2D eigenvalue weighted by molar-refractivity contribution is -0.131. The van der Waals surface area contributed by atoms with Crippen LogP contribution in [0.25, 0.3) is 11.2 Å². The number of fused-ring (bicyclic) bond motifs is 1. The highest BCUT2D eigenvalue weighted by Gasteiger charge is 2.36. The molecule has 2 aliphatic rings. The van der Waals surface area contributed by atoms with Crippen LogP contribution in [0.4, 0.5) is 5.82 Å². The third-order valence-electron chi connectivity index (χ3n) is 5.37. The van der Waals surface area contributed by atoms with Crippen molar-refractivity contribution in [2.45, 2.75) is 65.0 Å². The average Bonchev–Trinajstić information content (AvgIpc) is 3.26. The van der Waals surface area contributed by atoms with E-state index in [1.54, 1.807) is 0 Å². The minimum atomic E-state index is 0.238. The van der Waals surface area contributed by atoms with Gasteiger partial charge in [0.05, 0.1) is 6.33 Å². The minimum Gasteiger partial charge on any atom is -0.364 e. The Kier molecular flexibility index (Phi) is 4.78. The molecule has 2 aromatic rings. The summed E-state index contributed by atoms with van der Waals surface area (Å²) in [6, 6.07) is 0.238. The van der Waals surface area contributed by atoms with E-state index >= 15 is 0 Å². The van der Waals surface area contributed by atoms with Crippen LogP contribution in [0, 0.1) is 5.92 Å². The maximum atomic E-state index is 12.3. The van der Waals surface area contributed by atoms with Crippen LogP contribution in [0.1, 0.15) is 51.8 Å². The van der Waals surface area contributed by atoms with Crippen molar-refractivity contribution in [3.8, 4) is 0 Å². The third kappa shape index (κ3) is 3.39. The van der Waals surface area contributed by atoms with Crippen LogP contribution in [0.3, 0.4) is 0 Å². The van der Waals surface area contributed by atoms with E-state index in [4.69, 9.17) is 9.97 Å². The normalized spacial score (nSPS) is 20.1. The third-order valence-corrected chi connectivity index (χ3v) is 5.37. The maximum Gasteiger partial charge on any atom is 0.225 e. The Labute approximate surface area is 154 Å². The molecule has 1 aliphatic carbocycles. The summed E-state index contributed by atoms with van der Waals surface area (Å²) in [7, 11) is 0. The zero-order valence-electron chi connectivity index (χ0n) is 15.7. The Morgan fingerprint density at radius 3 is 2.85 bits per heavy atom. The first kappa shape index (κ1) is 17.2.